The monoisotopic (exact) mass is 310 g/mol. The molecule has 1 saturated heterocycles. The summed E-state index contributed by atoms with van der Waals surface area (Å²) in [5.74, 6) is -0.889. The molecule has 2 unspecified atom stereocenters. The second-order valence-corrected chi connectivity index (χ2v) is 6.56. The van der Waals surface area contributed by atoms with Crippen LogP contribution in [-0.2, 0) is 22.0 Å². The molecule has 0 bridgehead atoms. The number of carboxylic acid groups (broad SMARTS) is 1. The van der Waals surface area contributed by atoms with E-state index in [1.54, 1.807) is 4.90 Å². The SMILES string of the molecule is O=C(O)C(Cc1ccccc1)S(=O)CCN1CCNC1=O. The lowest BCUT2D eigenvalue weighted by atomic mass is 10.1. The van der Waals surface area contributed by atoms with Crippen molar-refractivity contribution in [1.29, 1.82) is 0 Å². The first kappa shape index (κ1) is 15.5. The summed E-state index contributed by atoms with van der Waals surface area (Å²) in [4.78, 5) is 24.3. The maximum atomic E-state index is 12.2. The molecule has 2 N–H and O–H groups in total. The Labute approximate surface area is 125 Å². The van der Waals surface area contributed by atoms with Gasteiger partial charge in [-0.25, -0.2) is 4.79 Å². The summed E-state index contributed by atoms with van der Waals surface area (Å²) >= 11 is 0. The molecule has 1 aliphatic heterocycles. The Kier molecular flexibility index (Phi) is 5.32. The van der Waals surface area contributed by atoms with Crippen LogP contribution in [-0.4, -0.2) is 56.9 Å². The lowest BCUT2D eigenvalue weighted by molar-refractivity contribution is -0.136. The quantitative estimate of drug-likeness (QED) is 0.766. The number of aliphatic carboxylic acids is 1. The third-order valence-electron chi connectivity index (χ3n) is 3.36. The average Bonchev–Trinajstić information content (AvgIpc) is 2.88. The maximum absolute atomic E-state index is 12.2. The van der Waals surface area contributed by atoms with E-state index < -0.39 is 22.0 Å². The van der Waals surface area contributed by atoms with E-state index >= 15 is 0 Å². The summed E-state index contributed by atoms with van der Waals surface area (Å²) in [5.41, 5.74) is 0.845. The first-order chi connectivity index (χ1) is 10.1. The van der Waals surface area contributed by atoms with Gasteiger partial charge < -0.3 is 15.3 Å². The molecule has 1 aromatic rings. The number of benzene rings is 1. The maximum Gasteiger partial charge on any atom is 0.319 e. The fourth-order valence-electron chi connectivity index (χ4n) is 2.19. The van der Waals surface area contributed by atoms with E-state index in [2.05, 4.69) is 5.32 Å². The van der Waals surface area contributed by atoms with Gasteiger partial charge in [-0.05, 0) is 12.0 Å². The van der Waals surface area contributed by atoms with Crippen molar-refractivity contribution in [3.8, 4) is 0 Å². The number of nitrogens with one attached hydrogen (secondary N) is 1. The predicted molar refractivity (Wildman–Crippen MR) is 79.6 cm³/mol. The summed E-state index contributed by atoms with van der Waals surface area (Å²) in [6.07, 6.45) is 0.231. The molecule has 0 spiro atoms. The molecular weight excluding hydrogens is 292 g/mol. The lowest BCUT2D eigenvalue weighted by Crippen LogP contribution is -2.36. The number of hydrogen-bond acceptors (Lipinski definition) is 3. The van der Waals surface area contributed by atoms with Gasteiger partial charge in [-0.2, -0.15) is 0 Å². The van der Waals surface area contributed by atoms with Crippen LogP contribution in [0.1, 0.15) is 5.56 Å². The zero-order valence-electron chi connectivity index (χ0n) is 11.5. The molecule has 1 heterocycles. The van der Waals surface area contributed by atoms with E-state index in [0.717, 1.165) is 5.56 Å². The van der Waals surface area contributed by atoms with Gasteiger partial charge >= 0.3 is 12.0 Å². The molecule has 0 saturated carbocycles. The number of carbonyl (C=O) groups is 2. The van der Waals surface area contributed by atoms with E-state index in [1.807, 2.05) is 30.3 Å². The smallest absolute Gasteiger partial charge is 0.319 e. The fourth-order valence-corrected chi connectivity index (χ4v) is 3.48. The third-order valence-corrected chi connectivity index (χ3v) is 4.95. The van der Waals surface area contributed by atoms with Gasteiger partial charge in [-0.15, -0.1) is 0 Å². The van der Waals surface area contributed by atoms with E-state index in [-0.39, 0.29) is 18.2 Å². The minimum atomic E-state index is -1.52. The second-order valence-electron chi connectivity index (χ2n) is 4.82. The van der Waals surface area contributed by atoms with Crippen molar-refractivity contribution in [2.24, 2.45) is 0 Å². The first-order valence-corrected chi connectivity index (χ1v) is 8.13. The van der Waals surface area contributed by atoms with Crippen molar-refractivity contribution < 1.29 is 18.9 Å². The van der Waals surface area contributed by atoms with Gasteiger partial charge in [0.2, 0.25) is 0 Å². The molecule has 1 aromatic carbocycles. The molecule has 114 valence electrons. The minimum Gasteiger partial charge on any atom is -0.480 e. The number of amides is 2. The van der Waals surface area contributed by atoms with E-state index in [1.165, 1.54) is 0 Å². The molecule has 2 atom stereocenters. The number of rotatable bonds is 7. The molecule has 1 fully saturated rings. The highest BCUT2D eigenvalue weighted by Crippen LogP contribution is 2.10. The second kappa shape index (κ2) is 7.21. The Hall–Kier alpha value is -1.89. The van der Waals surface area contributed by atoms with Gasteiger partial charge in [-0.1, -0.05) is 30.3 Å². The molecule has 0 radical (unpaired) electrons. The Bertz CT molecular complexity index is 535. The van der Waals surface area contributed by atoms with E-state index in [9.17, 15) is 18.9 Å². The fraction of sp³-hybridized carbons (Fsp3) is 0.429. The number of carboxylic acids is 1. The first-order valence-electron chi connectivity index (χ1n) is 6.74. The molecular formula is C14H18N2O4S. The molecule has 21 heavy (non-hydrogen) atoms. The van der Waals surface area contributed by atoms with Crippen molar-refractivity contribution in [3.63, 3.8) is 0 Å². The lowest BCUT2D eigenvalue weighted by Gasteiger charge is -2.16. The van der Waals surface area contributed by atoms with Crippen LogP contribution in [0.4, 0.5) is 4.79 Å². The van der Waals surface area contributed by atoms with Crippen molar-refractivity contribution in [3.05, 3.63) is 35.9 Å². The summed E-state index contributed by atoms with van der Waals surface area (Å²) in [5, 5.41) is 11.0. The molecule has 6 nitrogen and oxygen atoms in total. The Morgan fingerprint density at radius 1 is 1.38 bits per heavy atom. The number of urea groups is 1. The van der Waals surface area contributed by atoms with Gasteiger partial charge in [0.15, 0.2) is 0 Å². The number of nitrogens with zero attached hydrogens (tertiary/aromatic N) is 1. The van der Waals surface area contributed by atoms with Crippen LogP contribution in [0, 0.1) is 0 Å². The highest BCUT2D eigenvalue weighted by Gasteiger charge is 2.27. The van der Waals surface area contributed by atoms with Crippen LogP contribution in [0.3, 0.4) is 0 Å². The van der Waals surface area contributed by atoms with Gasteiger partial charge in [0, 0.05) is 36.2 Å². The van der Waals surface area contributed by atoms with Crippen molar-refractivity contribution in [2.45, 2.75) is 11.7 Å². The highest BCUT2D eigenvalue weighted by molar-refractivity contribution is 7.86. The average molecular weight is 310 g/mol. The van der Waals surface area contributed by atoms with Gasteiger partial charge in [0.1, 0.15) is 5.25 Å². The van der Waals surface area contributed by atoms with Crippen LogP contribution >= 0.6 is 0 Å². The predicted octanol–water partition coefficient (Wildman–Crippen LogP) is 0.456. The van der Waals surface area contributed by atoms with Crippen molar-refractivity contribution in [1.82, 2.24) is 10.2 Å². The van der Waals surface area contributed by atoms with Gasteiger partial charge in [0.05, 0.1) is 0 Å². The van der Waals surface area contributed by atoms with Gasteiger partial charge in [0.25, 0.3) is 0 Å². The zero-order chi connectivity index (χ0) is 15.2. The van der Waals surface area contributed by atoms with E-state index in [0.29, 0.717) is 19.6 Å². The van der Waals surface area contributed by atoms with Crippen LogP contribution in [0.25, 0.3) is 0 Å². The van der Waals surface area contributed by atoms with Gasteiger partial charge in [-0.3, -0.25) is 9.00 Å². The standard InChI is InChI=1S/C14H18N2O4S/c17-13(18)12(10-11-4-2-1-3-5-11)21(20)9-8-16-7-6-15-14(16)19/h1-5,12H,6-10H2,(H,15,19)(H,17,18). The molecule has 2 rings (SSSR count). The largest absolute Gasteiger partial charge is 0.480 e. The van der Waals surface area contributed by atoms with Crippen LogP contribution in [0.15, 0.2) is 30.3 Å². The molecule has 0 aliphatic carbocycles. The third kappa shape index (κ3) is 4.29. The van der Waals surface area contributed by atoms with Crippen molar-refractivity contribution in [2.75, 3.05) is 25.4 Å². The normalized spacial score (nSPS) is 17.3. The summed E-state index contributed by atoms with van der Waals surface area (Å²) in [6, 6.07) is 8.96. The van der Waals surface area contributed by atoms with Crippen LogP contribution < -0.4 is 5.32 Å². The highest BCUT2D eigenvalue weighted by atomic mass is 32.2. The molecule has 1 aliphatic rings. The summed E-state index contributed by atoms with van der Waals surface area (Å²) < 4.78 is 12.2. The molecule has 0 aromatic heterocycles. The van der Waals surface area contributed by atoms with Crippen LogP contribution in [0.5, 0.6) is 0 Å². The minimum absolute atomic E-state index is 0.178. The Balaban J connectivity index is 1.93. The summed E-state index contributed by atoms with van der Waals surface area (Å²) in [6.45, 7) is 1.47. The zero-order valence-corrected chi connectivity index (χ0v) is 12.3. The molecule has 7 heteroatoms. The van der Waals surface area contributed by atoms with Crippen molar-refractivity contribution >= 4 is 22.8 Å². The molecule has 2 amide bonds. The van der Waals surface area contributed by atoms with E-state index in [4.69, 9.17) is 0 Å². The Morgan fingerprint density at radius 2 is 2.10 bits per heavy atom. The number of hydrogen-bond donors (Lipinski definition) is 2. The Morgan fingerprint density at radius 3 is 2.67 bits per heavy atom. The van der Waals surface area contributed by atoms with Crippen LogP contribution in [0.2, 0.25) is 0 Å². The number of carbonyl (C=O) groups excluding carboxylic acids is 1. The topological polar surface area (TPSA) is 86.7 Å². The summed E-state index contributed by atoms with van der Waals surface area (Å²) in [7, 11) is -1.52.